The molecular formula is C11H11BrN2O6S. The number of carboxylic acid groups (broad SMARTS) is 1. The van der Waals surface area contributed by atoms with Crippen LogP contribution in [0.15, 0.2) is 30.6 Å². The van der Waals surface area contributed by atoms with Gasteiger partial charge in [0.05, 0.1) is 12.2 Å². The molecule has 0 aromatic carbocycles. The Bertz CT molecular complexity index is 778. The van der Waals surface area contributed by atoms with Crippen LogP contribution < -0.4 is 0 Å². The fourth-order valence-electron chi connectivity index (χ4n) is 1.61. The van der Waals surface area contributed by atoms with Crippen molar-refractivity contribution in [2.24, 2.45) is 0 Å². The number of hydrogen-bond acceptors (Lipinski definition) is 6. The molecule has 1 N–H and O–H groups in total. The molecule has 114 valence electrons. The predicted molar refractivity (Wildman–Crippen MR) is 73.3 cm³/mol. The van der Waals surface area contributed by atoms with Gasteiger partial charge in [0.1, 0.15) is 10.7 Å². The van der Waals surface area contributed by atoms with Gasteiger partial charge in [-0.3, -0.25) is 0 Å². The molecule has 0 unspecified atom stereocenters. The Morgan fingerprint density at radius 3 is 2.62 bits per heavy atom. The molecule has 0 aliphatic heterocycles. The minimum atomic E-state index is -3.92. The lowest BCUT2D eigenvalue weighted by atomic mass is 10.4. The largest absolute Gasteiger partial charge is 0.475 e. The van der Waals surface area contributed by atoms with Crippen molar-refractivity contribution in [3.05, 3.63) is 34.0 Å². The second-order valence-corrected chi connectivity index (χ2v) is 6.98. The molecule has 0 bridgehead atoms. The number of hydrogen-bond donors (Lipinski definition) is 1. The maximum absolute atomic E-state index is 12.4. The van der Waals surface area contributed by atoms with Gasteiger partial charge in [-0.1, -0.05) is 5.16 Å². The number of carbonyl (C=O) groups is 1. The summed E-state index contributed by atoms with van der Waals surface area (Å²) >= 11 is 2.91. The zero-order valence-corrected chi connectivity index (χ0v) is 13.4. The number of aryl methyl sites for hydroxylation is 1. The minimum absolute atomic E-state index is 0.0142. The van der Waals surface area contributed by atoms with E-state index in [0.717, 1.165) is 10.4 Å². The second kappa shape index (κ2) is 5.62. The van der Waals surface area contributed by atoms with Crippen LogP contribution in [0.4, 0.5) is 0 Å². The first-order chi connectivity index (χ1) is 9.71. The SMILES string of the molecule is Cc1cc(CN(C)S(=O)(=O)c2cc(C(=O)O)oc2Br)no1. The van der Waals surface area contributed by atoms with Crippen molar-refractivity contribution in [2.45, 2.75) is 18.4 Å². The normalized spacial score (nSPS) is 12.0. The molecule has 0 atom stereocenters. The zero-order valence-electron chi connectivity index (χ0n) is 11.0. The van der Waals surface area contributed by atoms with Crippen LogP contribution in [0.5, 0.6) is 0 Å². The third kappa shape index (κ3) is 3.17. The second-order valence-electron chi connectivity index (χ2n) is 4.24. The molecule has 0 spiro atoms. The summed E-state index contributed by atoms with van der Waals surface area (Å²) < 4.78 is 35.3. The van der Waals surface area contributed by atoms with E-state index in [0.29, 0.717) is 11.5 Å². The van der Waals surface area contributed by atoms with Crippen molar-refractivity contribution in [3.8, 4) is 0 Å². The monoisotopic (exact) mass is 378 g/mol. The van der Waals surface area contributed by atoms with Gasteiger partial charge in [-0.15, -0.1) is 0 Å². The molecular weight excluding hydrogens is 368 g/mol. The van der Waals surface area contributed by atoms with Crippen LogP contribution in [0.25, 0.3) is 0 Å². The molecule has 0 aliphatic carbocycles. The van der Waals surface area contributed by atoms with Crippen molar-refractivity contribution in [3.63, 3.8) is 0 Å². The summed E-state index contributed by atoms with van der Waals surface area (Å²) in [5.41, 5.74) is 0.441. The third-order valence-corrected chi connectivity index (χ3v) is 5.28. The highest BCUT2D eigenvalue weighted by Gasteiger charge is 2.29. The van der Waals surface area contributed by atoms with Crippen LogP contribution in [-0.2, 0) is 16.6 Å². The fraction of sp³-hybridized carbons (Fsp3) is 0.273. The third-order valence-electron chi connectivity index (χ3n) is 2.62. The van der Waals surface area contributed by atoms with Gasteiger partial charge in [-0.25, -0.2) is 13.2 Å². The Labute approximate surface area is 128 Å². The molecule has 0 fully saturated rings. The maximum atomic E-state index is 12.4. The molecule has 2 aromatic heterocycles. The highest BCUT2D eigenvalue weighted by atomic mass is 79.9. The van der Waals surface area contributed by atoms with E-state index in [1.165, 1.54) is 7.05 Å². The Morgan fingerprint density at radius 1 is 1.48 bits per heavy atom. The number of halogens is 1. The van der Waals surface area contributed by atoms with Crippen LogP contribution >= 0.6 is 15.9 Å². The quantitative estimate of drug-likeness (QED) is 0.843. The van der Waals surface area contributed by atoms with Gasteiger partial charge in [-0.2, -0.15) is 4.31 Å². The summed E-state index contributed by atoms with van der Waals surface area (Å²) in [6.45, 7) is 1.68. The van der Waals surface area contributed by atoms with Crippen LogP contribution in [0, 0.1) is 6.92 Å². The maximum Gasteiger partial charge on any atom is 0.371 e. The molecule has 8 nitrogen and oxygen atoms in total. The number of aromatic nitrogens is 1. The Morgan fingerprint density at radius 2 is 2.14 bits per heavy atom. The number of aromatic carboxylic acids is 1. The lowest BCUT2D eigenvalue weighted by Gasteiger charge is -2.14. The molecule has 2 rings (SSSR count). The number of sulfonamides is 1. The van der Waals surface area contributed by atoms with E-state index in [2.05, 4.69) is 21.1 Å². The molecule has 21 heavy (non-hydrogen) atoms. The first-order valence-electron chi connectivity index (χ1n) is 5.63. The van der Waals surface area contributed by atoms with E-state index in [1.54, 1.807) is 13.0 Å². The van der Waals surface area contributed by atoms with E-state index in [-0.39, 0.29) is 16.1 Å². The summed E-state index contributed by atoms with van der Waals surface area (Å²) in [6, 6.07) is 2.56. The lowest BCUT2D eigenvalue weighted by molar-refractivity contribution is 0.0661. The molecule has 10 heteroatoms. The first kappa shape index (κ1) is 15.7. The van der Waals surface area contributed by atoms with E-state index < -0.39 is 21.8 Å². The van der Waals surface area contributed by atoms with Gasteiger partial charge >= 0.3 is 5.97 Å². The summed E-state index contributed by atoms with van der Waals surface area (Å²) in [7, 11) is -2.58. The Hall–Kier alpha value is -1.65. The molecule has 0 aliphatic rings. The smallest absolute Gasteiger partial charge is 0.371 e. The fourth-order valence-corrected chi connectivity index (χ4v) is 3.65. The molecule has 2 aromatic rings. The van der Waals surface area contributed by atoms with Crippen molar-refractivity contribution in [1.29, 1.82) is 0 Å². The molecule has 0 saturated carbocycles. The van der Waals surface area contributed by atoms with Gasteiger partial charge < -0.3 is 14.0 Å². The van der Waals surface area contributed by atoms with Crippen LogP contribution in [0.1, 0.15) is 22.0 Å². The van der Waals surface area contributed by atoms with Crippen LogP contribution in [-0.4, -0.2) is 36.0 Å². The number of furan rings is 1. The van der Waals surface area contributed by atoms with E-state index in [4.69, 9.17) is 14.0 Å². The molecule has 2 heterocycles. The predicted octanol–water partition coefficient (Wildman–Crippen LogP) is 1.86. The van der Waals surface area contributed by atoms with Gasteiger partial charge in [0.2, 0.25) is 15.8 Å². The van der Waals surface area contributed by atoms with Gasteiger partial charge in [-0.05, 0) is 22.9 Å². The van der Waals surface area contributed by atoms with Crippen molar-refractivity contribution < 1.29 is 27.3 Å². The van der Waals surface area contributed by atoms with Crippen molar-refractivity contribution >= 4 is 31.9 Å². The van der Waals surface area contributed by atoms with Crippen molar-refractivity contribution in [1.82, 2.24) is 9.46 Å². The summed E-state index contributed by atoms with van der Waals surface area (Å²) in [6.07, 6.45) is 0. The van der Waals surface area contributed by atoms with E-state index >= 15 is 0 Å². The molecule has 0 saturated heterocycles. The summed E-state index contributed by atoms with van der Waals surface area (Å²) in [5, 5.41) is 12.5. The standard InChI is InChI=1S/C11H11BrN2O6S/c1-6-3-7(13-20-6)5-14(2)21(17,18)9-4-8(11(15)16)19-10(9)12/h3-4H,5H2,1-2H3,(H,15,16). The van der Waals surface area contributed by atoms with E-state index in [1.807, 2.05) is 0 Å². The zero-order chi connectivity index (χ0) is 15.8. The average Bonchev–Trinajstić information content (AvgIpc) is 2.96. The first-order valence-corrected chi connectivity index (χ1v) is 7.86. The van der Waals surface area contributed by atoms with Gasteiger partial charge in [0.25, 0.3) is 0 Å². The molecule has 0 amide bonds. The number of rotatable bonds is 5. The van der Waals surface area contributed by atoms with Gasteiger partial charge in [0.15, 0.2) is 4.67 Å². The summed E-state index contributed by atoms with van der Waals surface area (Å²) in [4.78, 5) is 10.6. The highest BCUT2D eigenvalue weighted by molar-refractivity contribution is 9.10. The Balaban J connectivity index is 2.30. The van der Waals surface area contributed by atoms with E-state index in [9.17, 15) is 13.2 Å². The molecule has 0 radical (unpaired) electrons. The van der Waals surface area contributed by atoms with Gasteiger partial charge in [0, 0.05) is 19.2 Å². The lowest BCUT2D eigenvalue weighted by Crippen LogP contribution is -2.26. The van der Waals surface area contributed by atoms with Crippen LogP contribution in [0.3, 0.4) is 0 Å². The minimum Gasteiger partial charge on any atom is -0.475 e. The summed E-state index contributed by atoms with van der Waals surface area (Å²) in [5.74, 6) is -1.26. The highest BCUT2D eigenvalue weighted by Crippen LogP contribution is 2.28. The topological polar surface area (TPSA) is 114 Å². The van der Waals surface area contributed by atoms with Crippen molar-refractivity contribution in [2.75, 3.05) is 7.05 Å². The van der Waals surface area contributed by atoms with Crippen LogP contribution in [0.2, 0.25) is 0 Å². The number of nitrogens with zero attached hydrogens (tertiary/aromatic N) is 2. The average molecular weight is 379 g/mol. The Kier molecular flexibility index (Phi) is 4.21. The number of carboxylic acids is 1.